The first kappa shape index (κ1) is 22.2. The first-order valence-corrected chi connectivity index (χ1v) is 10.3. The lowest BCUT2D eigenvalue weighted by molar-refractivity contribution is 0.389. The number of allylic oxidation sites excluding steroid dienone is 1. The zero-order valence-corrected chi connectivity index (χ0v) is 18.5. The lowest BCUT2D eigenvalue weighted by Crippen LogP contribution is -2.05. The zero-order valence-electron chi connectivity index (χ0n) is 18.5. The number of hydrogen-bond donors (Lipinski definition) is 4. The normalized spacial score (nSPS) is 10.7. The molecule has 0 aliphatic heterocycles. The quantitative estimate of drug-likeness (QED) is 0.247. The molecule has 34 heavy (non-hydrogen) atoms. The summed E-state index contributed by atoms with van der Waals surface area (Å²) in [5.41, 5.74) is 14.5. The molecule has 2 aromatic carbocycles. The Morgan fingerprint density at radius 3 is 2.44 bits per heavy atom. The second-order valence-electron chi connectivity index (χ2n) is 7.63. The van der Waals surface area contributed by atoms with Crippen LogP contribution in [0.3, 0.4) is 0 Å². The third kappa shape index (κ3) is 4.32. The molecule has 0 spiro atoms. The molecule has 2 heterocycles. The smallest absolute Gasteiger partial charge is 0.230 e. The van der Waals surface area contributed by atoms with Crippen molar-refractivity contribution in [2.24, 2.45) is 0 Å². The Kier molecular flexibility index (Phi) is 6.04. The highest BCUT2D eigenvalue weighted by molar-refractivity contribution is 6.03. The van der Waals surface area contributed by atoms with Crippen LogP contribution >= 0.6 is 0 Å². The third-order valence-electron chi connectivity index (χ3n) is 5.27. The van der Waals surface area contributed by atoms with Crippen LogP contribution in [0.2, 0.25) is 0 Å². The van der Waals surface area contributed by atoms with E-state index in [4.69, 9.17) is 21.2 Å². The molecular weight excluding hydrogens is 428 g/mol. The summed E-state index contributed by atoms with van der Waals surface area (Å²) >= 11 is 0. The van der Waals surface area contributed by atoms with Gasteiger partial charge in [0.2, 0.25) is 5.95 Å². The average Bonchev–Trinajstić information content (AvgIpc) is 2.83. The van der Waals surface area contributed by atoms with Gasteiger partial charge in [0, 0.05) is 23.2 Å². The van der Waals surface area contributed by atoms with Crippen LogP contribution < -0.4 is 16.5 Å². The molecule has 0 radical (unpaired) electrons. The molecule has 0 aliphatic carbocycles. The van der Waals surface area contributed by atoms with Gasteiger partial charge in [-0.25, -0.2) is 9.97 Å². The number of nitriles is 2. The molecule has 0 bridgehead atoms. The van der Waals surface area contributed by atoms with Crippen LogP contribution in [-0.4, -0.2) is 20.2 Å². The maximum atomic E-state index is 9.62. The van der Waals surface area contributed by atoms with E-state index in [1.54, 1.807) is 30.3 Å². The monoisotopic (exact) mass is 448 g/mol. The van der Waals surface area contributed by atoms with Crippen LogP contribution in [0.1, 0.15) is 22.3 Å². The summed E-state index contributed by atoms with van der Waals surface area (Å²) in [5, 5.41) is 31.0. The average molecular weight is 448 g/mol. The van der Waals surface area contributed by atoms with E-state index in [1.165, 1.54) is 12.3 Å². The first-order valence-electron chi connectivity index (χ1n) is 10.3. The zero-order chi connectivity index (χ0) is 24.2. The maximum absolute atomic E-state index is 9.62. The van der Waals surface area contributed by atoms with Gasteiger partial charge in [-0.3, -0.25) is 10.7 Å². The van der Waals surface area contributed by atoms with Crippen LogP contribution in [0.25, 0.3) is 28.1 Å². The number of fused-ring (bicyclic) bond motifs is 1. The van der Waals surface area contributed by atoms with E-state index < -0.39 is 0 Å². The second-order valence-corrected chi connectivity index (χ2v) is 7.63. The van der Waals surface area contributed by atoms with Crippen molar-refractivity contribution < 1.29 is 5.21 Å². The van der Waals surface area contributed by atoms with Crippen molar-refractivity contribution in [3.05, 3.63) is 70.9 Å². The van der Waals surface area contributed by atoms with E-state index in [9.17, 15) is 5.21 Å². The summed E-state index contributed by atoms with van der Waals surface area (Å²) < 4.78 is 0. The molecule has 0 saturated heterocycles. The Hall–Kier alpha value is -4.99. The largest absolute Gasteiger partial charge is 0.383 e. The molecule has 0 saturated carbocycles. The molecule has 0 amide bonds. The van der Waals surface area contributed by atoms with Gasteiger partial charge in [-0.15, -0.1) is 0 Å². The Labute approximate surface area is 195 Å². The molecule has 0 fully saturated rings. The number of hydrogen-bond acceptors (Lipinski definition) is 9. The van der Waals surface area contributed by atoms with Crippen LogP contribution in [0.4, 0.5) is 23.3 Å². The number of nitrogens with zero attached hydrogens (tertiary/aromatic N) is 5. The molecule has 2 aromatic heterocycles. The van der Waals surface area contributed by atoms with E-state index in [0.717, 1.165) is 27.8 Å². The van der Waals surface area contributed by atoms with Crippen molar-refractivity contribution in [2.75, 3.05) is 16.5 Å². The Morgan fingerprint density at radius 1 is 1.06 bits per heavy atom. The van der Waals surface area contributed by atoms with Crippen molar-refractivity contribution >= 4 is 40.3 Å². The summed E-state index contributed by atoms with van der Waals surface area (Å²) in [7, 11) is 0. The number of nitrogen functional groups attached to an aromatic ring is 1. The fourth-order valence-electron chi connectivity index (χ4n) is 3.87. The Morgan fingerprint density at radius 2 is 1.82 bits per heavy atom. The van der Waals surface area contributed by atoms with E-state index >= 15 is 0 Å². The highest BCUT2D eigenvalue weighted by atomic mass is 16.5. The predicted octanol–water partition coefficient (Wildman–Crippen LogP) is 4.84. The van der Waals surface area contributed by atoms with E-state index in [2.05, 4.69) is 20.8 Å². The number of benzene rings is 2. The molecule has 0 unspecified atom stereocenters. The molecule has 4 rings (SSSR count). The first-order chi connectivity index (χ1) is 16.4. The number of aryl methyl sites for hydroxylation is 2. The molecule has 9 heteroatoms. The SMILES string of the molecule is Cc1cc(/C=C/C#N)cc(C)c1-c1cc(NO)cc2c(N)nc(Nc3ccc(C#N)cn3)nc12. The van der Waals surface area contributed by atoms with Gasteiger partial charge >= 0.3 is 0 Å². The van der Waals surface area contributed by atoms with Crippen LogP contribution in [0, 0.1) is 36.5 Å². The highest BCUT2D eigenvalue weighted by Crippen LogP contribution is 2.37. The number of nitrogens with one attached hydrogen (secondary N) is 2. The summed E-state index contributed by atoms with van der Waals surface area (Å²) in [5.74, 6) is 0.939. The summed E-state index contributed by atoms with van der Waals surface area (Å²) in [6.07, 6.45) is 4.63. The summed E-state index contributed by atoms with van der Waals surface area (Å²) in [6, 6.07) is 14.7. The Bertz CT molecular complexity index is 1490. The number of rotatable bonds is 5. The number of pyridine rings is 1. The van der Waals surface area contributed by atoms with Gasteiger partial charge in [-0.1, -0.05) is 12.1 Å². The third-order valence-corrected chi connectivity index (χ3v) is 5.27. The van der Waals surface area contributed by atoms with Crippen molar-refractivity contribution in [2.45, 2.75) is 13.8 Å². The minimum Gasteiger partial charge on any atom is -0.383 e. The van der Waals surface area contributed by atoms with E-state index in [-0.39, 0.29) is 11.8 Å². The van der Waals surface area contributed by atoms with Gasteiger partial charge in [0.1, 0.15) is 17.7 Å². The number of anilines is 4. The molecule has 9 nitrogen and oxygen atoms in total. The summed E-state index contributed by atoms with van der Waals surface area (Å²) in [4.78, 5) is 13.2. The van der Waals surface area contributed by atoms with Crippen molar-refractivity contribution in [1.82, 2.24) is 15.0 Å². The highest BCUT2D eigenvalue weighted by Gasteiger charge is 2.17. The van der Waals surface area contributed by atoms with Gasteiger partial charge in [0.25, 0.3) is 0 Å². The second kappa shape index (κ2) is 9.25. The molecular formula is C25H20N8O. The Balaban J connectivity index is 1.90. The van der Waals surface area contributed by atoms with Crippen LogP contribution in [0.5, 0.6) is 0 Å². The maximum Gasteiger partial charge on any atom is 0.230 e. The molecule has 166 valence electrons. The van der Waals surface area contributed by atoms with E-state index in [0.29, 0.717) is 28.0 Å². The van der Waals surface area contributed by atoms with Crippen molar-refractivity contribution in [1.29, 1.82) is 10.5 Å². The fourth-order valence-corrected chi connectivity index (χ4v) is 3.87. The molecule has 0 aliphatic rings. The summed E-state index contributed by atoms with van der Waals surface area (Å²) in [6.45, 7) is 3.95. The lowest BCUT2D eigenvalue weighted by Gasteiger charge is -2.16. The van der Waals surface area contributed by atoms with Crippen LogP contribution in [-0.2, 0) is 0 Å². The van der Waals surface area contributed by atoms with Crippen molar-refractivity contribution in [3.8, 4) is 23.3 Å². The van der Waals surface area contributed by atoms with Gasteiger partial charge in [0.15, 0.2) is 0 Å². The molecule has 5 N–H and O–H groups in total. The number of nitrogens with two attached hydrogens (primary N) is 1. The minimum atomic E-state index is 0.225. The fraction of sp³-hybridized carbons (Fsp3) is 0.0800. The van der Waals surface area contributed by atoms with Crippen molar-refractivity contribution in [3.63, 3.8) is 0 Å². The van der Waals surface area contributed by atoms with E-state index in [1.807, 2.05) is 38.1 Å². The minimum absolute atomic E-state index is 0.225. The molecule has 0 atom stereocenters. The van der Waals surface area contributed by atoms with Gasteiger partial charge < -0.3 is 11.1 Å². The predicted molar refractivity (Wildman–Crippen MR) is 131 cm³/mol. The lowest BCUT2D eigenvalue weighted by atomic mass is 9.91. The number of aromatic nitrogens is 3. The van der Waals surface area contributed by atoms with Gasteiger partial charge in [0.05, 0.1) is 22.8 Å². The van der Waals surface area contributed by atoms with Gasteiger partial charge in [-0.05, 0) is 66.4 Å². The van der Waals surface area contributed by atoms with Crippen LogP contribution in [0.15, 0.2) is 48.7 Å². The standard InChI is InChI=1S/C25H20N8O/c1-14-8-16(4-3-7-26)9-15(2)22(14)19-10-18(33-34)11-20-23(19)31-25(32-24(20)28)30-21-6-5-17(12-27)13-29-21/h3-6,8-11,13,33-34H,1-2H3,(H3,28,29,30,31,32)/b4-3+. The van der Waals surface area contributed by atoms with Gasteiger partial charge in [-0.2, -0.15) is 15.5 Å². The topological polar surface area (TPSA) is 157 Å². The molecule has 4 aromatic rings.